The topological polar surface area (TPSA) is 58.9 Å². The lowest BCUT2D eigenvalue weighted by Gasteiger charge is -2.18. The van der Waals surface area contributed by atoms with E-state index in [1.807, 2.05) is 17.0 Å². The second-order valence-corrected chi connectivity index (χ2v) is 7.51. The van der Waals surface area contributed by atoms with Crippen LogP contribution >= 0.6 is 0 Å². The Kier molecular flexibility index (Phi) is 4.37. The highest BCUT2D eigenvalue weighted by molar-refractivity contribution is 5.61. The molecule has 1 aliphatic carbocycles. The zero-order valence-electron chi connectivity index (χ0n) is 15.5. The van der Waals surface area contributed by atoms with Gasteiger partial charge in [-0.1, -0.05) is 0 Å². The first-order chi connectivity index (χ1) is 14.0. The molecule has 2 fully saturated rings. The average molecular weight is 400 g/mol. The molecular weight excluding hydrogens is 381 g/mol. The highest BCUT2D eigenvalue weighted by Crippen LogP contribution is 2.41. The summed E-state index contributed by atoms with van der Waals surface area (Å²) in [6.45, 7) is 0.984. The lowest BCUT2D eigenvalue weighted by atomic mass is 10.2. The van der Waals surface area contributed by atoms with Crippen LogP contribution in [-0.2, 0) is 0 Å². The molecule has 1 saturated heterocycles. The molecule has 0 spiro atoms. The molecule has 1 aromatic carbocycles. The predicted molar refractivity (Wildman–Crippen MR) is 102 cm³/mol. The molecule has 2 aromatic heterocycles. The Labute approximate surface area is 165 Å². The molecule has 29 heavy (non-hydrogen) atoms. The second kappa shape index (κ2) is 7.06. The van der Waals surface area contributed by atoms with Crippen LogP contribution in [0.15, 0.2) is 36.7 Å². The number of anilines is 3. The Morgan fingerprint density at radius 2 is 1.79 bits per heavy atom. The second-order valence-electron chi connectivity index (χ2n) is 7.51. The molecule has 1 saturated carbocycles. The van der Waals surface area contributed by atoms with Crippen molar-refractivity contribution < 1.29 is 13.2 Å². The standard InChI is InChI=1S/C20H19F3N6/c21-13-3-4-28(10-13)19-9-16(8-18(26-19)12-1-2-12)25-20-24-11-29(27-20)17-6-14(22)5-15(23)7-17/h5-9,11-13H,1-4,10H2,(H,25,26,27)/t13-/m0/s1. The first-order valence-electron chi connectivity index (χ1n) is 9.60. The Balaban J connectivity index is 1.41. The van der Waals surface area contributed by atoms with E-state index in [2.05, 4.69) is 15.4 Å². The van der Waals surface area contributed by atoms with Gasteiger partial charge in [-0.2, -0.15) is 4.98 Å². The first-order valence-corrected chi connectivity index (χ1v) is 9.60. The fourth-order valence-electron chi connectivity index (χ4n) is 3.53. The molecule has 1 atom stereocenters. The van der Waals surface area contributed by atoms with Crippen molar-refractivity contribution in [1.82, 2.24) is 19.7 Å². The Morgan fingerprint density at radius 3 is 2.48 bits per heavy atom. The van der Waals surface area contributed by atoms with E-state index < -0.39 is 17.8 Å². The fourth-order valence-corrected chi connectivity index (χ4v) is 3.53. The number of benzene rings is 1. The van der Waals surface area contributed by atoms with Crippen LogP contribution in [0.2, 0.25) is 0 Å². The largest absolute Gasteiger partial charge is 0.354 e. The maximum absolute atomic E-state index is 13.6. The van der Waals surface area contributed by atoms with Crippen molar-refractivity contribution in [2.45, 2.75) is 31.4 Å². The summed E-state index contributed by atoms with van der Waals surface area (Å²) >= 11 is 0. The van der Waals surface area contributed by atoms with E-state index in [0.29, 0.717) is 31.4 Å². The molecule has 0 unspecified atom stereocenters. The Morgan fingerprint density at radius 1 is 1.00 bits per heavy atom. The van der Waals surface area contributed by atoms with E-state index in [0.717, 1.165) is 36.1 Å². The van der Waals surface area contributed by atoms with Crippen molar-refractivity contribution in [2.75, 3.05) is 23.3 Å². The molecule has 9 heteroatoms. The number of aromatic nitrogens is 4. The predicted octanol–water partition coefficient (Wildman–Crippen LogP) is 4.11. The molecule has 1 aliphatic heterocycles. The Bertz CT molecular complexity index is 1030. The van der Waals surface area contributed by atoms with Crippen LogP contribution in [-0.4, -0.2) is 39.0 Å². The van der Waals surface area contributed by atoms with E-state index in [9.17, 15) is 13.2 Å². The number of nitrogens with one attached hydrogen (secondary N) is 1. The van der Waals surface area contributed by atoms with Crippen molar-refractivity contribution in [3.63, 3.8) is 0 Å². The third-order valence-electron chi connectivity index (χ3n) is 5.14. The molecule has 150 valence electrons. The number of halogens is 3. The van der Waals surface area contributed by atoms with Crippen molar-refractivity contribution in [1.29, 1.82) is 0 Å². The smallest absolute Gasteiger partial charge is 0.246 e. The van der Waals surface area contributed by atoms with Gasteiger partial charge in [0.05, 0.1) is 12.2 Å². The number of rotatable bonds is 5. The Hall–Kier alpha value is -3.10. The number of nitrogens with zero attached hydrogens (tertiary/aromatic N) is 5. The summed E-state index contributed by atoms with van der Waals surface area (Å²) in [5.41, 5.74) is 1.96. The number of hydrogen-bond donors (Lipinski definition) is 1. The maximum atomic E-state index is 13.6. The number of pyridine rings is 1. The SMILES string of the molecule is Fc1cc(F)cc(-n2cnc(Nc3cc(C4CC4)nc(N4CC[C@H](F)C4)c3)n2)c1. The third-order valence-corrected chi connectivity index (χ3v) is 5.14. The minimum absolute atomic E-state index is 0.239. The van der Waals surface area contributed by atoms with Crippen molar-refractivity contribution >= 4 is 17.5 Å². The molecule has 5 rings (SSSR count). The van der Waals surface area contributed by atoms with Gasteiger partial charge in [0.15, 0.2) is 0 Å². The molecule has 2 aliphatic rings. The van der Waals surface area contributed by atoms with Gasteiger partial charge in [-0.25, -0.2) is 22.8 Å². The van der Waals surface area contributed by atoms with E-state index in [1.165, 1.54) is 23.1 Å². The van der Waals surface area contributed by atoms with Gasteiger partial charge in [-0.05, 0) is 37.5 Å². The third kappa shape index (κ3) is 3.90. The normalized spacial score (nSPS) is 19.0. The molecule has 0 bridgehead atoms. The first kappa shape index (κ1) is 18.0. The summed E-state index contributed by atoms with van der Waals surface area (Å²) < 4.78 is 41.9. The van der Waals surface area contributed by atoms with Crippen LogP contribution in [0.25, 0.3) is 5.69 Å². The number of hydrogen-bond acceptors (Lipinski definition) is 5. The van der Waals surface area contributed by atoms with Gasteiger partial charge in [-0.3, -0.25) is 0 Å². The van der Waals surface area contributed by atoms with Gasteiger partial charge in [0.1, 0.15) is 30.0 Å². The van der Waals surface area contributed by atoms with Crippen LogP contribution in [0.4, 0.5) is 30.6 Å². The summed E-state index contributed by atoms with van der Waals surface area (Å²) in [6.07, 6.45) is 3.25. The fraction of sp³-hybridized carbons (Fsp3) is 0.350. The van der Waals surface area contributed by atoms with Gasteiger partial charge in [0.25, 0.3) is 0 Å². The molecule has 3 aromatic rings. The summed E-state index contributed by atoms with van der Waals surface area (Å²) in [5.74, 6) is 0.0892. The van der Waals surface area contributed by atoms with E-state index >= 15 is 0 Å². The van der Waals surface area contributed by atoms with Gasteiger partial charge >= 0.3 is 0 Å². The van der Waals surface area contributed by atoms with Crippen LogP contribution in [0.1, 0.15) is 30.9 Å². The van der Waals surface area contributed by atoms with E-state index in [4.69, 9.17) is 4.98 Å². The zero-order valence-corrected chi connectivity index (χ0v) is 15.5. The molecule has 6 nitrogen and oxygen atoms in total. The molecule has 3 heterocycles. The van der Waals surface area contributed by atoms with Crippen molar-refractivity contribution in [3.05, 3.63) is 54.0 Å². The zero-order chi connectivity index (χ0) is 20.0. The van der Waals surface area contributed by atoms with E-state index in [-0.39, 0.29) is 5.69 Å². The van der Waals surface area contributed by atoms with Gasteiger partial charge < -0.3 is 10.2 Å². The van der Waals surface area contributed by atoms with E-state index in [1.54, 1.807) is 0 Å². The van der Waals surface area contributed by atoms with Crippen LogP contribution in [0, 0.1) is 11.6 Å². The molecule has 1 N–H and O–H groups in total. The van der Waals surface area contributed by atoms with Crippen LogP contribution < -0.4 is 10.2 Å². The average Bonchev–Trinajstić information content (AvgIpc) is 3.28. The monoisotopic (exact) mass is 400 g/mol. The van der Waals surface area contributed by atoms with Gasteiger partial charge in [-0.15, -0.1) is 5.10 Å². The highest BCUT2D eigenvalue weighted by atomic mass is 19.1. The quantitative estimate of drug-likeness (QED) is 0.699. The van der Waals surface area contributed by atoms with Crippen molar-refractivity contribution in [2.24, 2.45) is 0 Å². The summed E-state index contributed by atoms with van der Waals surface area (Å²) in [6, 6.07) is 6.97. The lowest BCUT2D eigenvalue weighted by molar-refractivity contribution is 0.364. The minimum Gasteiger partial charge on any atom is -0.354 e. The lowest BCUT2D eigenvalue weighted by Crippen LogP contribution is -2.21. The summed E-state index contributed by atoms with van der Waals surface area (Å²) in [5, 5.41) is 7.38. The molecular formula is C20H19F3N6. The summed E-state index contributed by atoms with van der Waals surface area (Å²) in [4.78, 5) is 10.8. The van der Waals surface area contributed by atoms with Gasteiger partial charge in [0.2, 0.25) is 5.95 Å². The molecule has 0 amide bonds. The number of alkyl halides is 1. The van der Waals surface area contributed by atoms with Crippen molar-refractivity contribution in [3.8, 4) is 5.69 Å². The summed E-state index contributed by atoms with van der Waals surface area (Å²) in [7, 11) is 0. The van der Waals surface area contributed by atoms with Crippen LogP contribution in [0.5, 0.6) is 0 Å². The van der Waals surface area contributed by atoms with Crippen LogP contribution in [0.3, 0.4) is 0 Å². The molecule has 0 radical (unpaired) electrons. The minimum atomic E-state index is -0.832. The van der Waals surface area contributed by atoms with Gasteiger partial charge in [0, 0.05) is 36.0 Å². The highest BCUT2D eigenvalue weighted by Gasteiger charge is 2.28. The maximum Gasteiger partial charge on any atom is 0.246 e.